The second-order valence-corrected chi connectivity index (χ2v) is 8.24. The molecule has 0 saturated heterocycles. The third-order valence-electron chi connectivity index (χ3n) is 5.37. The number of carbonyl (C=O) groups is 2. The first-order valence-electron chi connectivity index (χ1n) is 11.0. The maximum absolute atomic E-state index is 13.4. The predicted molar refractivity (Wildman–Crippen MR) is 130 cm³/mol. The van der Waals surface area contributed by atoms with Gasteiger partial charge in [0.1, 0.15) is 0 Å². The van der Waals surface area contributed by atoms with Crippen molar-refractivity contribution in [2.45, 2.75) is 33.7 Å². The zero-order chi connectivity index (χ0) is 23.5. The average Bonchev–Trinajstić information content (AvgIpc) is 3.23. The molecule has 0 aliphatic rings. The van der Waals surface area contributed by atoms with Crippen molar-refractivity contribution >= 4 is 28.5 Å². The summed E-state index contributed by atoms with van der Waals surface area (Å²) in [5.41, 5.74) is 4.94. The van der Waals surface area contributed by atoms with Crippen molar-refractivity contribution in [3.63, 3.8) is 0 Å². The third kappa shape index (κ3) is 4.62. The standard InChI is InChI=1S/C26H27N5O2/c1-5-27-25(32)19-7-6-8-20(13-19)29-26(33)21-14-23(18-11-9-17(4)10-12-18)30-24-22(21)15-28-31(24)16(2)3/h6-16H,5H2,1-4H3,(H,27,32)(H,29,33). The van der Waals surface area contributed by atoms with Gasteiger partial charge in [0.25, 0.3) is 11.8 Å². The largest absolute Gasteiger partial charge is 0.352 e. The van der Waals surface area contributed by atoms with Crippen LogP contribution in [0.3, 0.4) is 0 Å². The first kappa shape index (κ1) is 22.2. The van der Waals surface area contributed by atoms with Crippen LogP contribution >= 0.6 is 0 Å². The van der Waals surface area contributed by atoms with Gasteiger partial charge in [0.15, 0.2) is 5.65 Å². The van der Waals surface area contributed by atoms with E-state index in [0.717, 1.165) is 11.1 Å². The smallest absolute Gasteiger partial charge is 0.256 e. The zero-order valence-electron chi connectivity index (χ0n) is 19.2. The predicted octanol–water partition coefficient (Wildman–Crippen LogP) is 4.99. The van der Waals surface area contributed by atoms with Crippen LogP contribution in [0.1, 0.15) is 53.1 Å². The second-order valence-electron chi connectivity index (χ2n) is 8.24. The molecule has 0 fully saturated rings. The fourth-order valence-electron chi connectivity index (χ4n) is 3.66. The Morgan fingerprint density at radius 1 is 1.03 bits per heavy atom. The van der Waals surface area contributed by atoms with Gasteiger partial charge in [-0.3, -0.25) is 9.59 Å². The molecule has 168 valence electrons. The molecule has 33 heavy (non-hydrogen) atoms. The van der Waals surface area contributed by atoms with E-state index in [2.05, 4.69) is 15.7 Å². The molecule has 0 radical (unpaired) electrons. The van der Waals surface area contributed by atoms with Gasteiger partial charge < -0.3 is 10.6 Å². The van der Waals surface area contributed by atoms with Gasteiger partial charge in [-0.05, 0) is 52.0 Å². The maximum Gasteiger partial charge on any atom is 0.256 e. The summed E-state index contributed by atoms with van der Waals surface area (Å²) in [6, 6.07) is 16.8. The number of nitrogens with one attached hydrogen (secondary N) is 2. The molecule has 0 spiro atoms. The molecule has 0 aliphatic carbocycles. The van der Waals surface area contributed by atoms with E-state index in [0.29, 0.717) is 40.1 Å². The first-order valence-corrected chi connectivity index (χ1v) is 11.0. The van der Waals surface area contributed by atoms with E-state index in [-0.39, 0.29) is 17.9 Å². The van der Waals surface area contributed by atoms with Crippen molar-refractivity contribution in [2.24, 2.45) is 0 Å². The quantitative estimate of drug-likeness (QED) is 0.441. The molecular formula is C26H27N5O2. The Morgan fingerprint density at radius 3 is 2.48 bits per heavy atom. The summed E-state index contributed by atoms with van der Waals surface area (Å²) >= 11 is 0. The monoisotopic (exact) mass is 441 g/mol. The van der Waals surface area contributed by atoms with Gasteiger partial charge in [0.2, 0.25) is 0 Å². The Hall–Kier alpha value is -4.00. The van der Waals surface area contributed by atoms with Gasteiger partial charge in [-0.25, -0.2) is 9.67 Å². The molecule has 0 bridgehead atoms. The van der Waals surface area contributed by atoms with Crippen LogP contribution in [0.25, 0.3) is 22.3 Å². The van der Waals surface area contributed by atoms with Crippen LogP contribution in [0.5, 0.6) is 0 Å². The number of anilines is 1. The van der Waals surface area contributed by atoms with Gasteiger partial charge in [-0.15, -0.1) is 0 Å². The minimum absolute atomic E-state index is 0.0907. The SMILES string of the molecule is CCNC(=O)c1cccc(NC(=O)c2cc(-c3ccc(C)cc3)nc3c2cnn3C(C)C)c1. The molecule has 0 aliphatic heterocycles. The Labute approximate surface area is 192 Å². The van der Waals surface area contributed by atoms with Gasteiger partial charge >= 0.3 is 0 Å². The molecule has 0 saturated carbocycles. The minimum atomic E-state index is -0.285. The van der Waals surface area contributed by atoms with Crippen LogP contribution < -0.4 is 10.6 Å². The molecule has 2 N–H and O–H groups in total. The normalized spacial score (nSPS) is 11.1. The lowest BCUT2D eigenvalue weighted by atomic mass is 10.0. The summed E-state index contributed by atoms with van der Waals surface area (Å²) in [7, 11) is 0. The summed E-state index contributed by atoms with van der Waals surface area (Å²) in [5.74, 6) is -0.466. The number of nitrogens with zero attached hydrogens (tertiary/aromatic N) is 3. The van der Waals surface area contributed by atoms with Crippen LogP contribution in [0.15, 0.2) is 60.8 Å². The highest BCUT2D eigenvalue weighted by atomic mass is 16.2. The highest BCUT2D eigenvalue weighted by Crippen LogP contribution is 2.27. The van der Waals surface area contributed by atoms with Crippen molar-refractivity contribution in [1.82, 2.24) is 20.1 Å². The van der Waals surface area contributed by atoms with E-state index in [9.17, 15) is 9.59 Å². The van der Waals surface area contributed by atoms with Crippen LogP contribution in [-0.2, 0) is 0 Å². The summed E-state index contributed by atoms with van der Waals surface area (Å²) in [6.07, 6.45) is 1.68. The number of pyridine rings is 1. The van der Waals surface area contributed by atoms with E-state index in [1.807, 2.05) is 56.6 Å². The Kier molecular flexibility index (Phi) is 6.22. The van der Waals surface area contributed by atoms with Crippen LogP contribution in [0.4, 0.5) is 5.69 Å². The number of hydrogen-bond acceptors (Lipinski definition) is 4. The molecule has 0 atom stereocenters. The zero-order valence-corrected chi connectivity index (χ0v) is 19.2. The van der Waals surface area contributed by atoms with E-state index >= 15 is 0 Å². The lowest BCUT2D eigenvalue weighted by molar-refractivity contribution is 0.0954. The first-order chi connectivity index (χ1) is 15.9. The molecule has 4 rings (SSSR count). The minimum Gasteiger partial charge on any atom is -0.352 e. The number of aromatic nitrogens is 3. The van der Waals surface area contributed by atoms with Gasteiger partial charge in [-0.1, -0.05) is 35.9 Å². The topological polar surface area (TPSA) is 88.9 Å². The number of fused-ring (bicyclic) bond motifs is 1. The Bertz CT molecular complexity index is 1320. The fraction of sp³-hybridized carbons (Fsp3) is 0.231. The summed E-state index contributed by atoms with van der Waals surface area (Å²) in [6.45, 7) is 8.48. The number of hydrogen-bond donors (Lipinski definition) is 2. The highest BCUT2D eigenvalue weighted by Gasteiger charge is 2.19. The van der Waals surface area contributed by atoms with E-state index in [1.165, 1.54) is 0 Å². The molecule has 4 aromatic rings. The molecule has 2 heterocycles. The molecule has 2 amide bonds. The Balaban J connectivity index is 1.76. The third-order valence-corrected chi connectivity index (χ3v) is 5.37. The lowest BCUT2D eigenvalue weighted by Crippen LogP contribution is -2.22. The van der Waals surface area contributed by atoms with Gasteiger partial charge in [0, 0.05) is 29.4 Å². The van der Waals surface area contributed by atoms with E-state index in [4.69, 9.17) is 4.98 Å². The number of carbonyl (C=O) groups excluding carboxylic acids is 2. The molecular weight excluding hydrogens is 414 g/mol. The van der Waals surface area contributed by atoms with Crippen molar-refractivity contribution in [3.05, 3.63) is 77.5 Å². The lowest BCUT2D eigenvalue weighted by Gasteiger charge is -2.12. The van der Waals surface area contributed by atoms with Gasteiger partial charge in [0.05, 0.1) is 22.8 Å². The summed E-state index contributed by atoms with van der Waals surface area (Å²) < 4.78 is 1.82. The Morgan fingerprint density at radius 2 is 1.79 bits per heavy atom. The number of benzene rings is 2. The summed E-state index contributed by atoms with van der Waals surface area (Å²) in [5, 5.41) is 10.9. The van der Waals surface area contributed by atoms with Crippen molar-refractivity contribution in [3.8, 4) is 11.3 Å². The second kappa shape index (κ2) is 9.24. The number of aryl methyl sites for hydroxylation is 1. The van der Waals surface area contributed by atoms with Crippen molar-refractivity contribution in [1.29, 1.82) is 0 Å². The number of amides is 2. The molecule has 7 heteroatoms. The van der Waals surface area contributed by atoms with Gasteiger partial charge in [-0.2, -0.15) is 5.10 Å². The average molecular weight is 442 g/mol. The van der Waals surface area contributed by atoms with Crippen LogP contribution in [0, 0.1) is 6.92 Å². The van der Waals surface area contributed by atoms with Crippen molar-refractivity contribution < 1.29 is 9.59 Å². The molecule has 0 unspecified atom stereocenters. The maximum atomic E-state index is 13.4. The molecule has 7 nitrogen and oxygen atoms in total. The highest BCUT2D eigenvalue weighted by molar-refractivity contribution is 6.13. The van der Waals surface area contributed by atoms with E-state index < -0.39 is 0 Å². The summed E-state index contributed by atoms with van der Waals surface area (Å²) in [4.78, 5) is 30.4. The molecule has 2 aromatic carbocycles. The van der Waals surface area contributed by atoms with E-state index in [1.54, 1.807) is 36.5 Å². The van der Waals surface area contributed by atoms with Crippen LogP contribution in [0.2, 0.25) is 0 Å². The molecule has 2 aromatic heterocycles. The fourth-order valence-corrected chi connectivity index (χ4v) is 3.66. The van der Waals surface area contributed by atoms with Crippen molar-refractivity contribution in [2.75, 3.05) is 11.9 Å². The van der Waals surface area contributed by atoms with Crippen LogP contribution in [-0.4, -0.2) is 33.1 Å². The number of rotatable bonds is 6.